The van der Waals surface area contributed by atoms with Crippen molar-refractivity contribution in [3.63, 3.8) is 0 Å². The number of likely N-dealkylation sites (N-methyl/N-ethyl adjacent to an activating group) is 1. The van der Waals surface area contributed by atoms with Gasteiger partial charge in [-0.3, -0.25) is 14.0 Å². The van der Waals surface area contributed by atoms with E-state index in [0.29, 0.717) is 18.2 Å². The second kappa shape index (κ2) is 6.92. The van der Waals surface area contributed by atoms with Gasteiger partial charge < -0.3 is 14.7 Å². The maximum atomic E-state index is 13.0. The van der Waals surface area contributed by atoms with Crippen LogP contribution in [0.15, 0.2) is 18.3 Å². The van der Waals surface area contributed by atoms with Crippen molar-refractivity contribution in [1.82, 2.24) is 29.3 Å². The Kier molecular flexibility index (Phi) is 4.59. The molecule has 0 aromatic carbocycles. The van der Waals surface area contributed by atoms with Gasteiger partial charge in [0.2, 0.25) is 5.91 Å². The minimum Gasteiger partial charge on any atom is -0.342 e. The number of hydrogen-bond donors (Lipinski definition) is 0. The first-order valence-electron chi connectivity index (χ1n) is 9.50. The lowest BCUT2D eigenvalue weighted by molar-refractivity contribution is -0.127. The van der Waals surface area contributed by atoms with Gasteiger partial charge in [0.05, 0.1) is 5.56 Å². The molecule has 27 heavy (non-hydrogen) atoms. The summed E-state index contributed by atoms with van der Waals surface area (Å²) in [5.41, 5.74) is 1.39. The SMILES string of the molecule is CC(=O)N1CC[C@@H](c2nnc3ccc(C(=O)N4CC[C@H](N(C)C)C4)cn23)C1. The molecule has 2 aliphatic rings. The number of carbonyl (C=O) groups is 2. The van der Waals surface area contributed by atoms with Gasteiger partial charge in [-0.2, -0.15) is 0 Å². The molecule has 2 atom stereocenters. The van der Waals surface area contributed by atoms with Crippen molar-refractivity contribution < 1.29 is 9.59 Å². The maximum Gasteiger partial charge on any atom is 0.255 e. The van der Waals surface area contributed by atoms with Crippen molar-refractivity contribution in [2.45, 2.75) is 31.7 Å². The van der Waals surface area contributed by atoms with Crippen LogP contribution in [0.4, 0.5) is 0 Å². The number of amides is 2. The summed E-state index contributed by atoms with van der Waals surface area (Å²) in [6.07, 6.45) is 3.73. The number of fused-ring (bicyclic) bond motifs is 1. The van der Waals surface area contributed by atoms with Crippen molar-refractivity contribution in [2.75, 3.05) is 40.3 Å². The molecule has 0 unspecified atom stereocenters. The average molecular weight is 370 g/mol. The van der Waals surface area contributed by atoms with Crippen LogP contribution < -0.4 is 0 Å². The largest absolute Gasteiger partial charge is 0.342 e. The van der Waals surface area contributed by atoms with Crippen molar-refractivity contribution >= 4 is 17.5 Å². The lowest BCUT2D eigenvalue weighted by atomic mass is 10.1. The molecule has 2 aliphatic heterocycles. The first-order valence-corrected chi connectivity index (χ1v) is 9.50. The number of pyridine rings is 1. The fourth-order valence-corrected chi connectivity index (χ4v) is 4.10. The van der Waals surface area contributed by atoms with Crippen LogP contribution in [0.25, 0.3) is 5.65 Å². The van der Waals surface area contributed by atoms with Crippen LogP contribution in [0.5, 0.6) is 0 Å². The summed E-state index contributed by atoms with van der Waals surface area (Å²) in [5, 5.41) is 8.59. The number of rotatable bonds is 3. The van der Waals surface area contributed by atoms with E-state index in [1.807, 2.05) is 32.5 Å². The average Bonchev–Trinajstić information content (AvgIpc) is 3.38. The Morgan fingerprint density at radius 3 is 2.52 bits per heavy atom. The summed E-state index contributed by atoms with van der Waals surface area (Å²) >= 11 is 0. The first-order chi connectivity index (χ1) is 12.9. The third kappa shape index (κ3) is 3.29. The molecule has 2 saturated heterocycles. The Balaban J connectivity index is 1.57. The molecule has 4 rings (SSSR count). The van der Waals surface area contributed by atoms with E-state index < -0.39 is 0 Å². The predicted molar refractivity (Wildman–Crippen MR) is 101 cm³/mol. The van der Waals surface area contributed by atoms with E-state index in [-0.39, 0.29) is 17.7 Å². The predicted octanol–water partition coefficient (Wildman–Crippen LogP) is 0.841. The molecule has 2 aromatic heterocycles. The third-order valence-electron chi connectivity index (χ3n) is 5.86. The van der Waals surface area contributed by atoms with Gasteiger partial charge in [0, 0.05) is 51.3 Å². The highest BCUT2D eigenvalue weighted by atomic mass is 16.2. The van der Waals surface area contributed by atoms with Crippen LogP contribution in [-0.2, 0) is 4.79 Å². The van der Waals surface area contributed by atoms with Crippen molar-refractivity contribution in [3.05, 3.63) is 29.7 Å². The minimum atomic E-state index is 0.0534. The summed E-state index contributed by atoms with van der Waals surface area (Å²) in [5.74, 6) is 1.12. The summed E-state index contributed by atoms with van der Waals surface area (Å²) in [4.78, 5) is 30.5. The normalized spacial score (nSPS) is 23.0. The molecule has 144 valence electrons. The maximum absolute atomic E-state index is 13.0. The van der Waals surface area contributed by atoms with Crippen molar-refractivity contribution in [1.29, 1.82) is 0 Å². The summed E-state index contributed by atoms with van der Waals surface area (Å²) < 4.78 is 1.92. The van der Waals surface area contributed by atoms with Gasteiger partial charge in [0.15, 0.2) is 5.65 Å². The zero-order chi connectivity index (χ0) is 19.1. The van der Waals surface area contributed by atoms with Gasteiger partial charge in [0.1, 0.15) is 5.82 Å². The summed E-state index contributed by atoms with van der Waals surface area (Å²) in [6.45, 7) is 4.54. The molecule has 0 saturated carbocycles. The van der Waals surface area contributed by atoms with E-state index in [0.717, 1.165) is 43.9 Å². The van der Waals surface area contributed by atoms with E-state index in [1.54, 1.807) is 6.92 Å². The number of carbonyl (C=O) groups excluding carboxylic acids is 2. The fraction of sp³-hybridized carbons (Fsp3) is 0.579. The van der Waals surface area contributed by atoms with Crippen LogP contribution >= 0.6 is 0 Å². The molecule has 4 heterocycles. The van der Waals surface area contributed by atoms with Crippen molar-refractivity contribution in [2.24, 2.45) is 0 Å². The second-order valence-corrected chi connectivity index (χ2v) is 7.81. The van der Waals surface area contributed by atoms with E-state index in [9.17, 15) is 9.59 Å². The van der Waals surface area contributed by atoms with Gasteiger partial charge in [0.25, 0.3) is 5.91 Å². The Bertz CT molecular complexity index is 876. The van der Waals surface area contributed by atoms with Gasteiger partial charge in [-0.25, -0.2) is 0 Å². The van der Waals surface area contributed by atoms with Crippen LogP contribution in [0, 0.1) is 0 Å². The molecular weight excluding hydrogens is 344 g/mol. The summed E-state index contributed by atoms with van der Waals surface area (Å²) in [6, 6.07) is 4.09. The smallest absolute Gasteiger partial charge is 0.255 e. The van der Waals surface area contributed by atoms with Gasteiger partial charge in [-0.1, -0.05) is 0 Å². The molecule has 8 heteroatoms. The molecule has 2 amide bonds. The first kappa shape index (κ1) is 17.9. The van der Waals surface area contributed by atoms with E-state index in [4.69, 9.17) is 0 Å². The van der Waals surface area contributed by atoms with E-state index in [1.165, 1.54) is 0 Å². The highest BCUT2D eigenvalue weighted by Crippen LogP contribution is 2.27. The Morgan fingerprint density at radius 2 is 1.85 bits per heavy atom. The van der Waals surface area contributed by atoms with Crippen LogP contribution in [0.3, 0.4) is 0 Å². The molecule has 0 radical (unpaired) electrons. The fourth-order valence-electron chi connectivity index (χ4n) is 4.10. The standard InChI is InChI=1S/C19H26N6O2/c1-13(26)23-8-6-14(10-23)18-21-20-17-5-4-15(11-25(17)18)19(27)24-9-7-16(12-24)22(2)3/h4-5,11,14,16H,6-10,12H2,1-3H3/t14-,16+/m1/s1. The van der Waals surface area contributed by atoms with Gasteiger partial charge in [-0.05, 0) is 39.1 Å². The number of nitrogens with zero attached hydrogens (tertiary/aromatic N) is 6. The van der Waals surface area contributed by atoms with Crippen LogP contribution in [-0.4, -0.2) is 87.4 Å². The molecule has 8 nitrogen and oxygen atoms in total. The lowest BCUT2D eigenvalue weighted by Crippen LogP contribution is -2.34. The van der Waals surface area contributed by atoms with E-state index in [2.05, 4.69) is 29.2 Å². The van der Waals surface area contributed by atoms with E-state index >= 15 is 0 Å². The molecule has 0 bridgehead atoms. The number of aromatic nitrogens is 3. The van der Waals surface area contributed by atoms with Crippen LogP contribution in [0.1, 0.15) is 41.9 Å². The minimum absolute atomic E-state index is 0.0534. The van der Waals surface area contributed by atoms with Gasteiger partial charge in [-0.15, -0.1) is 10.2 Å². The number of likely N-dealkylation sites (tertiary alicyclic amines) is 2. The molecule has 0 aliphatic carbocycles. The zero-order valence-electron chi connectivity index (χ0n) is 16.1. The van der Waals surface area contributed by atoms with Crippen LogP contribution in [0.2, 0.25) is 0 Å². The Morgan fingerprint density at radius 1 is 1.07 bits per heavy atom. The lowest BCUT2D eigenvalue weighted by Gasteiger charge is -2.20. The second-order valence-electron chi connectivity index (χ2n) is 7.81. The quantitative estimate of drug-likeness (QED) is 0.801. The topological polar surface area (TPSA) is 74.0 Å². The monoisotopic (exact) mass is 370 g/mol. The number of hydrogen-bond acceptors (Lipinski definition) is 5. The Hall–Kier alpha value is -2.48. The molecule has 0 N–H and O–H groups in total. The third-order valence-corrected chi connectivity index (χ3v) is 5.86. The molecule has 0 spiro atoms. The molecular formula is C19H26N6O2. The Labute approximate surface area is 158 Å². The highest BCUT2D eigenvalue weighted by molar-refractivity contribution is 5.94. The molecule has 2 fully saturated rings. The zero-order valence-corrected chi connectivity index (χ0v) is 16.1. The van der Waals surface area contributed by atoms with Gasteiger partial charge >= 0.3 is 0 Å². The highest BCUT2D eigenvalue weighted by Gasteiger charge is 2.30. The molecule has 2 aromatic rings. The summed E-state index contributed by atoms with van der Waals surface area (Å²) in [7, 11) is 4.11. The van der Waals surface area contributed by atoms with Crippen molar-refractivity contribution in [3.8, 4) is 0 Å².